The van der Waals surface area contributed by atoms with Crippen molar-refractivity contribution in [2.45, 2.75) is 38.8 Å². The van der Waals surface area contributed by atoms with Crippen molar-refractivity contribution in [1.29, 1.82) is 5.26 Å². The highest BCUT2D eigenvalue weighted by Crippen LogP contribution is 2.19. The highest BCUT2D eigenvalue weighted by atomic mass is 16.5. The van der Waals surface area contributed by atoms with Gasteiger partial charge in [0, 0.05) is 0 Å². The minimum Gasteiger partial charge on any atom is -0.481 e. The van der Waals surface area contributed by atoms with Gasteiger partial charge >= 0.3 is 6.03 Å². The van der Waals surface area contributed by atoms with Crippen LogP contribution in [-0.4, -0.2) is 34.5 Å². The van der Waals surface area contributed by atoms with Crippen molar-refractivity contribution >= 4 is 17.8 Å². The molecular weight excluding hydrogens is 312 g/mol. The monoisotopic (exact) mass is 330 g/mol. The molecule has 24 heavy (non-hydrogen) atoms. The van der Waals surface area contributed by atoms with Crippen molar-refractivity contribution in [3.8, 4) is 11.8 Å². The Labute approximate surface area is 139 Å². The normalized spacial score (nSPS) is 21.0. The van der Waals surface area contributed by atoms with Crippen LogP contribution in [0.25, 0.3) is 0 Å². The summed E-state index contributed by atoms with van der Waals surface area (Å²) in [5.41, 5.74) is 1.71. The number of nitriles is 1. The van der Waals surface area contributed by atoms with Crippen molar-refractivity contribution in [2.75, 3.05) is 0 Å². The topological polar surface area (TPSA) is 112 Å². The molecule has 126 valence electrons. The van der Waals surface area contributed by atoms with Crippen LogP contribution in [0.1, 0.15) is 32.8 Å². The van der Waals surface area contributed by atoms with Crippen molar-refractivity contribution in [3.63, 3.8) is 0 Å². The standard InChI is InChI=1S/C16H18N4O4/c1-4-16(3)14(22)20(15(23)18-16)19-13(21)10(2)24-12-7-5-11(9-17)6-8-12/h5-8,10H,4H2,1-3H3,(H,18,23)(H,19,21)/t10-,16+/m0/s1. The minimum absolute atomic E-state index is 0.396. The third-order valence-corrected chi connectivity index (χ3v) is 3.86. The van der Waals surface area contributed by atoms with E-state index < -0.39 is 29.5 Å². The molecule has 0 saturated carbocycles. The predicted octanol–water partition coefficient (Wildman–Crippen LogP) is 1.08. The van der Waals surface area contributed by atoms with Crippen LogP contribution >= 0.6 is 0 Å². The van der Waals surface area contributed by atoms with E-state index in [1.807, 2.05) is 6.07 Å². The molecule has 1 saturated heterocycles. The van der Waals surface area contributed by atoms with Crippen molar-refractivity contribution in [3.05, 3.63) is 29.8 Å². The van der Waals surface area contributed by atoms with E-state index in [0.717, 1.165) is 0 Å². The fraction of sp³-hybridized carbons (Fsp3) is 0.375. The lowest BCUT2D eigenvalue weighted by Crippen LogP contribution is -2.51. The number of urea groups is 1. The summed E-state index contributed by atoms with van der Waals surface area (Å²) >= 11 is 0. The lowest BCUT2D eigenvalue weighted by molar-refractivity contribution is -0.141. The molecule has 1 aromatic carbocycles. The van der Waals surface area contributed by atoms with Gasteiger partial charge in [0.1, 0.15) is 11.3 Å². The van der Waals surface area contributed by atoms with Crippen molar-refractivity contribution < 1.29 is 19.1 Å². The first-order valence-corrected chi connectivity index (χ1v) is 7.44. The largest absolute Gasteiger partial charge is 0.481 e. The molecule has 1 fully saturated rings. The van der Waals surface area contributed by atoms with Gasteiger partial charge in [-0.15, -0.1) is 0 Å². The molecule has 2 rings (SSSR count). The minimum atomic E-state index is -1.03. The molecule has 4 amide bonds. The first-order valence-electron chi connectivity index (χ1n) is 7.44. The van der Waals surface area contributed by atoms with Gasteiger partial charge in [0.2, 0.25) is 0 Å². The lowest BCUT2D eigenvalue weighted by atomic mass is 10.00. The van der Waals surface area contributed by atoms with Gasteiger partial charge in [-0.3, -0.25) is 15.0 Å². The molecule has 0 aromatic heterocycles. The number of imide groups is 1. The Balaban J connectivity index is 2.00. The average molecular weight is 330 g/mol. The zero-order valence-corrected chi connectivity index (χ0v) is 13.6. The van der Waals surface area contributed by atoms with Gasteiger partial charge in [-0.2, -0.15) is 10.3 Å². The van der Waals surface area contributed by atoms with E-state index in [4.69, 9.17) is 10.00 Å². The van der Waals surface area contributed by atoms with E-state index in [0.29, 0.717) is 22.7 Å². The maximum absolute atomic E-state index is 12.2. The maximum Gasteiger partial charge on any atom is 0.344 e. The summed E-state index contributed by atoms with van der Waals surface area (Å²) in [6, 6.07) is 7.54. The number of nitrogens with zero attached hydrogens (tertiary/aromatic N) is 2. The third-order valence-electron chi connectivity index (χ3n) is 3.86. The summed E-state index contributed by atoms with van der Waals surface area (Å²) in [5, 5.41) is 11.9. The smallest absolute Gasteiger partial charge is 0.344 e. The SMILES string of the molecule is CC[C@@]1(C)NC(=O)N(NC(=O)[C@H](C)Oc2ccc(C#N)cc2)C1=O. The molecule has 8 heteroatoms. The summed E-state index contributed by atoms with van der Waals surface area (Å²) < 4.78 is 5.44. The maximum atomic E-state index is 12.2. The summed E-state index contributed by atoms with van der Waals surface area (Å²) in [6.07, 6.45) is -0.534. The highest BCUT2D eigenvalue weighted by Gasteiger charge is 2.47. The second-order valence-corrected chi connectivity index (χ2v) is 5.63. The van der Waals surface area contributed by atoms with Crippen LogP contribution in [0.5, 0.6) is 5.75 Å². The number of hydrogen-bond donors (Lipinski definition) is 2. The van der Waals surface area contributed by atoms with Gasteiger partial charge < -0.3 is 10.1 Å². The number of hydrogen-bond acceptors (Lipinski definition) is 5. The fourth-order valence-electron chi connectivity index (χ4n) is 2.09. The van der Waals surface area contributed by atoms with Crippen LogP contribution in [0.3, 0.4) is 0 Å². The number of amides is 4. The van der Waals surface area contributed by atoms with Crippen molar-refractivity contribution in [1.82, 2.24) is 15.8 Å². The third kappa shape index (κ3) is 3.30. The molecule has 2 N–H and O–H groups in total. The number of carbonyl (C=O) groups is 3. The first kappa shape index (κ1) is 17.3. The van der Waals surface area contributed by atoms with Gasteiger partial charge in [0.25, 0.3) is 11.8 Å². The summed E-state index contributed by atoms with van der Waals surface area (Å²) in [7, 11) is 0. The second-order valence-electron chi connectivity index (χ2n) is 5.63. The molecule has 1 heterocycles. The van der Waals surface area contributed by atoms with Crippen LogP contribution in [-0.2, 0) is 9.59 Å². The number of hydrazine groups is 1. The van der Waals surface area contributed by atoms with Crippen LogP contribution in [0.15, 0.2) is 24.3 Å². The molecule has 0 bridgehead atoms. The molecule has 1 aliphatic heterocycles. The molecule has 0 unspecified atom stereocenters. The molecular formula is C16H18N4O4. The van der Waals surface area contributed by atoms with Gasteiger partial charge in [-0.1, -0.05) is 6.92 Å². The summed E-state index contributed by atoms with van der Waals surface area (Å²) in [6.45, 7) is 4.85. The van der Waals surface area contributed by atoms with Crippen molar-refractivity contribution in [2.24, 2.45) is 0 Å². The Bertz CT molecular complexity index is 710. The number of carbonyl (C=O) groups excluding carboxylic acids is 3. The molecule has 0 spiro atoms. The molecule has 1 aliphatic rings. The summed E-state index contributed by atoms with van der Waals surface area (Å²) in [5.74, 6) is -0.760. The Morgan fingerprint density at radius 1 is 1.42 bits per heavy atom. The average Bonchev–Trinajstić information content (AvgIpc) is 2.79. The summed E-state index contributed by atoms with van der Waals surface area (Å²) in [4.78, 5) is 36.2. The van der Waals surface area contributed by atoms with Crippen LogP contribution in [0.4, 0.5) is 4.79 Å². The van der Waals surface area contributed by atoms with Crippen LogP contribution in [0.2, 0.25) is 0 Å². The van der Waals surface area contributed by atoms with E-state index >= 15 is 0 Å². The Morgan fingerprint density at radius 3 is 2.54 bits per heavy atom. The Kier molecular flexibility index (Phi) is 4.74. The lowest BCUT2D eigenvalue weighted by Gasteiger charge is -2.21. The van der Waals surface area contributed by atoms with E-state index in [2.05, 4.69) is 10.7 Å². The number of ether oxygens (including phenoxy) is 1. The van der Waals surface area contributed by atoms with Gasteiger partial charge in [0.05, 0.1) is 11.6 Å². The van der Waals surface area contributed by atoms with E-state index in [1.54, 1.807) is 38.1 Å². The zero-order valence-electron chi connectivity index (χ0n) is 13.6. The number of rotatable bonds is 5. The predicted molar refractivity (Wildman–Crippen MR) is 83.5 cm³/mol. The van der Waals surface area contributed by atoms with Gasteiger partial charge in [-0.25, -0.2) is 4.79 Å². The molecule has 0 radical (unpaired) electrons. The first-order chi connectivity index (χ1) is 11.3. The fourth-order valence-corrected chi connectivity index (χ4v) is 2.09. The van der Waals surface area contributed by atoms with E-state index in [9.17, 15) is 14.4 Å². The quantitative estimate of drug-likeness (QED) is 0.785. The Hall–Kier alpha value is -3.08. The number of benzene rings is 1. The molecule has 2 atom stereocenters. The molecule has 0 aliphatic carbocycles. The van der Waals surface area contributed by atoms with Gasteiger partial charge in [0.15, 0.2) is 6.10 Å². The Morgan fingerprint density at radius 2 is 2.04 bits per heavy atom. The molecule has 8 nitrogen and oxygen atoms in total. The van der Waals surface area contributed by atoms with Crippen LogP contribution in [0, 0.1) is 11.3 Å². The van der Waals surface area contributed by atoms with Gasteiger partial charge in [-0.05, 0) is 44.5 Å². The second kappa shape index (κ2) is 6.58. The molecule has 1 aromatic rings. The van der Waals surface area contributed by atoms with E-state index in [-0.39, 0.29) is 0 Å². The zero-order chi connectivity index (χ0) is 17.9. The highest BCUT2D eigenvalue weighted by molar-refractivity contribution is 6.07. The van der Waals surface area contributed by atoms with Crippen LogP contribution < -0.4 is 15.5 Å². The van der Waals surface area contributed by atoms with E-state index in [1.165, 1.54) is 6.92 Å². The number of nitrogens with one attached hydrogen (secondary N) is 2.